The molecule has 1 amide bonds. The molecule has 2 heterocycles. The van der Waals surface area contributed by atoms with E-state index in [4.69, 9.17) is 8.83 Å². The maximum absolute atomic E-state index is 12.4. The quantitative estimate of drug-likeness (QED) is 0.609. The van der Waals surface area contributed by atoms with E-state index in [0.717, 1.165) is 27.3 Å². The highest BCUT2D eigenvalue weighted by Crippen LogP contribution is 2.31. The molecule has 0 unspecified atom stereocenters. The zero-order chi connectivity index (χ0) is 15.8. The Hall–Kier alpha value is -3.01. The number of nitrogens with one attached hydrogen (secondary N) is 1. The van der Waals surface area contributed by atoms with Crippen molar-refractivity contribution in [2.24, 2.45) is 0 Å². The molecule has 2 aromatic heterocycles. The first-order chi connectivity index (χ1) is 11.2. The van der Waals surface area contributed by atoms with Crippen LogP contribution in [0.2, 0.25) is 0 Å². The molecule has 0 aliphatic carbocycles. The summed E-state index contributed by atoms with van der Waals surface area (Å²) in [5, 5.41) is 5.90. The maximum atomic E-state index is 12.4. The van der Waals surface area contributed by atoms with Crippen LogP contribution in [0.25, 0.3) is 21.7 Å². The van der Waals surface area contributed by atoms with Gasteiger partial charge in [-0.05, 0) is 24.4 Å². The summed E-state index contributed by atoms with van der Waals surface area (Å²) in [6, 6.07) is 15.6. The molecule has 2 aromatic carbocycles. The van der Waals surface area contributed by atoms with Gasteiger partial charge in [0.2, 0.25) is 0 Å². The molecule has 0 spiro atoms. The molecule has 4 nitrogen and oxygen atoms in total. The molecule has 0 aliphatic rings. The first-order valence-corrected chi connectivity index (χ1v) is 7.45. The Balaban J connectivity index is 1.73. The molecule has 1 N–H and O–H groups in total. The van der Waals surface area contributed by atoms with Crippen LogP contribution in [-0.2, 0) is 6.54 Å². The van der Waals surface area contributed by atoms with Gasteiger partial charge >= 0.3 is 0 Å². The van der Waals surface area contributed by atoms with Crippen LogP contribution in [0, 0.1) is 6.92 Å². The lowest BCUT2D eigenvalue weighted by Crippen LogP contribution is -2.22. The molecule has 4 heteroatoms. The van der Waals surface area contributed by atoms with Gasteiger partial charge in [0.25, 0.3) is 5.91 Å². The molecule has 0 saturated carbocycles. The summed E-state index contributed by atoms with van der Waals surface area (Å²) in [5.41, 5.74) is 1.60. The molecular weight excluding hydrogens is 290 g/mol. The number of rotatable bonds is 3. The molecule has 0 bridgehead atoms. The third kappa shape index (κ3) is 2.28. The van der Waals surface area contributed by atoms with Gasteiger partial charge in [-0.2, -0.15) is 0 Å². The number of fused-ring (bicyclic) bond motifs is 3. The Morgan fingerprint density at radius 2 is 1.91 bits per heavy atom. The van der Waals surface area contributed by atoms with E-state index in [9.17, 15) is 4.79 Å². The van der Waals surface area contributed by atoms with Crippen LogP contribution in [-0.4, -0.2) is 5.91 Å². The number of aryl methyl sites for hydroxylation is 1. The number of furan rings is 2. The van der Waals surface area contributed by atoms with Crippen LogP contribution in [0.4, 0.5) is 0 Å². The van der Waals surface area contributed by atoms with Crippen molar-refractivity contribution < 1.29 is 13.6 Å². The Labute approximate surface area is 132 Å². The van der Waals surface area contributed by atoms with E-state index in [1.54, 1.807) is 12.3 Å². The van der Waals surface area contributed by atoms with Crippen molar-refractivity contribution in [3.63, 3.8) is 0 Å². The Morgan fingerprint density at radius 1 is 1.04 bits per heavy atom. The second-order valence-electron chi connectivity index (χ2n) is 5.48. The summed E-state index contributed by atoms with van der Waals surface area (Å²) in [4.78, 5) is 12.4. The molecule has 114 valence electrons. The minimum Gasteiger partial charge on any atom is -0.467 e. The largest absolute Gasteiger partial charge is 0.467 e. The smallest absolute Gasteiger partial charge is 0.287 e. The summed E-state index contributed by atoms with van der Waals surface area (Å²) in [5.74, 6) is 0.819. The highest BCUT2D eigenvalue weighted by molar-refractivity contribution is 6.08. The number of hydrogen-bond donors (Lipinski definition) is 1. The lowest BCUT2D eigenvalue weighted by atomic mass is 10.1. The number of hydrogen-bond acceptors (Lipinski definition) is 3. The first kappa shape index (κ1) is 13.6. The fourth-order valence-electron chi connectivity index (χ4n) is 2.83. The normalized spacial score (nSPS) is 11.2. The number of amides is 1. The minimum atomic E-state index is -0.237. The van der Waals surface area contributed by atoms with E-state index in [0.29, 0.717) is 18.1 Å². The van der Waals surface area contributed by atoms with Gasteiger partial charge in [0.15, 0.2) is 5.76 Å². The minimum absolute atomic E-state index is 0.237. The van der Waals surface area contributed by atoms with Crippen LogP contribution >= 0.6 is 0 Å². The zero-order valence-corrected chi connectivity index (χ0v) is 12.6. The van der Waals surface area contributed by atoms with Gasteiger partial charge < -0.3 is 14.2 Å². The lowest BCUT2D eigenvalue weighted by molar-refractivity contribution is 0.0921. The molecule has 23 heavy (non-hydrogen) atoms. The van der Waals surface area contributed by atoms with Crippen molar-refractivity contribution in [1.29, 1.82) is 0 Å². The maximum Gasteiger partial charge on any atom is 0.287 e. The van der Waals surface area contributed by atoms with Crippen LogP contribution in [0.5, 0.6) is 0 Å². The third-order valence-electron chi connectivity index (χ3n) is 4.04. The Bertz CT molecular complexity index is 996. The summed E-state index contributed by atoms with van der Waals surface area (Å²) >= 11 is 0. The summed E-state index contributed by atoms with van der Waals surface area (Å²) in [7, 11) is 0. The van der Waals surface area contributed by atoms with Crippen LogP contribution in [0.15, 0.2) is 63.6 Å². The van der Waals surface area contributed by atoms with Gasteiger partial charge in [-0.3, -0.25) is 4.79 Å². The molecule has 4 rings (SSSR count). The Kier molecular flexibility index (Phi) is 3.15. The van der Waals surface area contributed by atoms with Crippen LogP contribution in [0.1, 0.15) is 21.9 Å². The third-order valence-corrected chi connectivity index (χ3v) is 4.04. The molecule has 0 saturated heterocycles. The topological polar surface area (TPSA) is 55.4 Å². The predicted octanol–water partition coefficient (Wildman–Crippen LogP) is 4.42. The summed E-state index contributed by atoms with van der Waals surface area (Å²) in [6.07, 6.45) is 1.58. The first-order valence-electron chi connectivity index (χ1n) is 7.45. The Morgan fingerprint density at radius 3 is 2.74 bits per heavy atom. The van der Waals surface area contributed by atoms with E-state index in [2.05, 4.69) is 5.32 Å². The molecular formula is C19H15NO3. The van der Waals surface area contributed by atoms with Crippen molar-refractivity contribution >= 4 is 27.6 Å². The standard InChI is InChI=1S/C19H15NO3/c1-12-15-9-8-13-5-2-3-7-16(13)18(15)23-17(12)19(21)20-11-14-6-4-10-22-14/h2-10H,11H2,1H3,(H,20,21). The lowest BCUT2D eigenvalue weighted by Gasteiger charge is -2.01. The van der Waals surface area contributed by atoms with Crippen molar-refractivity contribution in [2.75, 3.05) is 0 Å². The second kappa shape index (κ2) is 5.32. The number of carbonyl (C=O) groups excluding carboxylic acids is 1. The number of carbonyl (C=O) groups is 1. The highest BCUT2D eigenvalue weighted by Gasteiger charge is 2.18. The number of benzene rings is 2. The van der Waals surface area contributed by atoms with Gasteiger partial charge in [0, 0.05) is 16.3 Å². The zero-order valence-electron chi connectivity index (χ0n) is 12.6. The molecule has 4 aromatic rings. The fourth-order valence-corrected chi connectivity index (χ4v) is 2.83. The molecule has 0 aliphatic heterocycles. The SMILES string of the molecule is Cc1c(C(=O)NCc2ccco2)oc2c1ccc1ccccc12. The van der Waals surface area contributed by atoms with Crippen molar-refractivity contribution in [2.45, 2.75) is 13.5 Å². The van der Waals surface area contributed by atoms with Gasteiger partial charge in [-0.15, -0.1) is 0 Å². The highest BCUT2D eigenvalue weighted by atomic mass is 16.3. The average molecular weight is 305 g/mol. The summed E-state index contributed by atoms with van der Waals surface area (Å²) in [6.45, 7) is 2.24. The van der Waals surface area contributed by atoms with Gasteiger partial charge in [-0.25, -0.2) is 0 Å². The predicted molar refractivity (Wildman–Crippen MR) is 88.3 cm³/mol. The molecule has 0 radical (unpaired) electrons. The second-order valence-corrected chi connectivity index (χ2v) is 5.48. The molecule has 0 fully saturated rings. The molecule has 0 atom stereocenters. The van der Waals surface area contributed by atoms with Crippen molar-refractivity contribution in [1.82, 2.24) is 5.32 Å². The van der Waals surface area contributed by atoms with Gasteiger partial charge in [0.1, 0.15) is 11.3 Å². The van der Waals surface area contributed by atoms with Gasteiger partial charge in [0.05, 0.1) is 12.8 Å². The summed E-state index contributed by atoms with van der Waals surface area (Å²) < 4.78 is 11.1. The van der Waals surface area contributed by atoms with E-state index in [1.165, 1.54) is 0 Å². The van der Waals surface area contributed by atoms with Gasteiger partial charge in [-0.1, -0.05) is 36.4 Å². The van der Waals surface area contributed by atoms with Crippen molar-refractivity contribution in [3.05, 3.63) is 71.9 Å². The van der Waals surface area contributed by atoms with E-state index in [1.807, 2.05) is 49.4 Å². The fraction of sp³-hybridized carbons (Fsp3) is 0.105. The monoisotopic (exact) mass is 305 g/mol. The van der Waals surface area contributed by atoms with Crippen LogP contribution < -0.4 is 5.32 Å². The average Bonchev–Trinajstić information content (AvgIpc) is 3.21. The van der Waals surface area contributed by atoms with E-state index < -0.39 is 0 Å². The van der Waals surface area contributed by atoms with E-state index in [-0.39, 0.29) is 5.91 Å². The van der Waals surface area contributed by atoms with Crippen molar-refractivity contribution in [3.8, 4) is 0 Å². The van der Waals surface area contributed by atoms with E-state index >= 15 is 0 Å². The van der Waals surface area contributed by atoms with Crippen LogP contribution in [0.3, 0.4) is 0 Å².